The maximum atomic E-state index is 2.52. The second kappa shape index (κ2) is 18.3. The number of nitrogens with zero attached hydrogens (tertiary/aromatic N) is 2. The molecule has 1 atom stereocenters. The highest BCUT2D eigenvalue weighted by molar-refractivity contribution is 5.99. The highest BCUT2D eigenvalue weighted by Gasteiger charge is 2.39. The van der Waals surface area contributed by atoms with E-state index in [9.17, 15) is 0 Å². The Morgan fingerprint density at radius 1 is 0.429 bits per heavy atom. The third-order valence-electron chi connectivity index (χ3n) is 15.6. The second-order valence-electron chi connectivity index (χ2n) is 20.4. The predicted molar refractivity (Wildman–Crippen MR) is 298 cm³/mol. The minimum absolute atomic E-state index is 0.115. The van der Waals surface area contributed by atoms with Gasteiger partial charge in [0.15, 0.2) is 0 Å². The number of hydrogen-bond donors (Lipinski definition) is 0. The predicted octanol–water partition coefficient (Wildman–Crippen LogP) is 19.5. The van der Waals surface area contributed by atoms with Gasteiger partial charge in [0.25, 0.3) is 0 Å². The van der Waals surface area contributed by atoms with Crippen molar-refractivity contribution >= 4 is 50.5 Å². The van der Waals surface area contributed by atoms with E-state index in [0.717, 1.165) is 34.9 Å². The lowest BCUT2D eigenvalue weighted by Gasteiger charge is -2.31. The molecule has 9 aromatic carbocycles. The monoisotopic (exact) mass is 904 g/mol. The molecule has 1 unspecified atom stereocenters. The summed E-state index contributed by atoms with van der Waals surface area (Å²) in [6.45, 7) is 7.21. The minimum Gasteiger partial charge on any atom is -0.310 e. The molecule has 0 bridgehead atoms. The van der Waals surface area contributed by atoms with Crippen LogP contribution in [0.5, 0.6) is 0 Å². The first kappa shape index (κ1) is 43.6. The number of anilines is 6. The van der Waals surface area contributed by atoms with Gasteiger partial charge in [-0.2, -0.15) is 0 Å². The van der Waals surface area contributed by atoms with Gasteiger partial charge in [0.05, 0.1) is 11.4 Å². The lowest BCUT2D eigenvalue weighted by atomic mass is 9.78. The Hall–Kier alpha value is -7.68. The molecule has 0 heterocycles. The number of para-hydroxylation sites is 2. The van der Waals surface area contributed by atoms with Gasteiger partial charge in [-0.25, -0.2) is 0 Å². The molecule has 0 saturated heterocycles. The van der Waals surface area contributed by atoms with Crippen LogP contribution in [0.4, 0.5) is 34.1 Å². The van der Waals surface area contributed by atoms with E-state index in [0.29, 0.717) is 11.8 Å². The molecular formula is C68H60N2. The summed E-state index contributed by atoms with van der Waals surface area (Å²) in [6.07, 6.45) is 12.5. The number of hydrogen-bond acceptors (Lipinski definition) is 2. The molecule has 342 valence electrons. The maximum Gasteiger partial charge on any atom is 0.0546 e. The molecule has 0 N–H and O–H groups in total. The van der Waals surface area contributed by atoms with Crippen molar-refractivity contribution in [3.63, 3.8) is 0 Å². The van der Waals surface area contributed by atoms with E-state index in [2.05, 4.69) is 255 Å². The first-order valence-electron chi connectivity index (χ1n) is 25.6. The molecule has 0 spiro atoms. The van der Waals surface area contributed by atoms with Gasteiger partial charge >= 0.3 is 0 Å². The third-order valence-corrected chi connectivity index (χ3v) is 15.6. The summed E-state index contributed by atoms with van der Waals surface area (Å²) >= 11 is 0. The van der Waals surface area contributed by atoms with Crippen molar-refractivity contribution in [3.8, 4) is 33.4 Å². The van der Waals surface area contributed by atoms with E-state index in [1.165, 1.54) is 110 Å². The van der Waals surface area contributed by atoms with E-state index in [1.54, 1.807) is 0 Å². The van der Waals surface area contributed by atoms with Crippen LogP contribution in [0.25, 0.3) is 49.7 Å². The van der Waals surface area contributed by atoms with Gasteiger partial charge < -0.3 is 9.80 Å². The van der Waals surface area contributed by atoms with E-state index in [-0.39, 0.29) is 5.41 Å². The summed E-state index contributed by atoms with van der Waals surface area (Å²) in [5, 5.41) is 2.44. The summed E-state index contributed by atoms with van der Waals surface area (Å²) in [4.78, 5) is 4.95. The topological polar surface area (TPSA) is 6.48 Å². The fourth-order valence-corrected chi connectivity index (χ4v) is 12.0. The van der Waals surface area contributed by atoms with Crippen LogP contribution in [-0.4, -0.2) is 0 Å². The lowest BCUT2D eigenvalue weighted by molar-refractivity contribution is 0.443. The minimum atomic E-state index is -0.115. The average Bonchev–Trinajstić information content (AvgIpc) is 3.65. The van der Waals surface area contributed by atoms with Crippen LogP contribution in [0.15, 0.2) is 230 Å². The van der Waals surface area contributed by atoms with Crippen molar-refractivity contribution < 1.29 is 0 Å². The Balaban J connectivity index is 0.981. The average molecular weight is 905 g/mol. The molecule has 70 heavy (non-hydrogen) atoms. The Kier molecular flexibility index (Phi) is 11.4. The van der Waals surface area contributed by atoms with Gasteiger partial charge in [-0.15, -0.1) is 0 Å². The molecule has 0 aromatic heterocycles. The normalized spacial score (nSPS) is 16.2. The maximum absolute atomic E-state index is 2.52. The molecule has 2 heteroatoms. The summed E-state index contributed by atoms with van der Waals surface area (Å²) in [7, 11) is 0. The SMILES string of the molecule is CC1CC=CC2=C1c1ccc(N(c3cccc(-c4cccc(-c5ccccc5N(c5ccccc5)c5ccc(C6CCCCC6)cc5)c4)c3)c3cc4ccccc4cc3-c3ccccc3)cc1C2(C)C. The molecule has 0 amide bonds. The number of benzene rings is 9. The Morgan fingerprint density at radius 2 is 1.01 bits per heavy atom. The van der Waals surface area contributed by atoms with Crippen LogP contribution < -0.4 is 9.80 Å². The van der Waals surface area contributed by atoms with E-state index < -0.39 is 0 Å². The highest BCUT2D eigenvalue weighted by atomic mass is 15.2. The highest BCUT2D eigenvalue weighted by Crippen LogP contribution is 2.54. The molecule has 3 aliphatic carbocycles. The van der Waals surface area contributed by atoms with E-state index in [1.807, 2.05) is 0 Å². The molecule has 12 rings (SSSR count). The molecule has 1 fully saturated rings. The molecule has 1 saturated carbocycles. The number of allylic oxidation sites excluding steroid dienone is 4. The van der Waals surface area contributed by atoms with Gasteiger partial charge in [-0.05, 0) is 165 Å². The zero-order valence-electron chi connectivity index (χ0n) is 40.7. The zero-order valence-corrected chi connectivity index (χ0v) is 40.7. The van der Waals surface area contributed by atoms with Crippen molar-refractivity contribution in [1.82, 2.24) is 0 Å². The smallest absolute Gasteiger partial charge is 0.0546 e. The molecule has 2 nitrogen and oxygen atoms in total. The fourth-order valence-electron chi connectivity index (χ4n) is 12.0. The van der Waals surface area contributed by atoms with Crippen molar-refractivity contribution in [1.29, 1.82) is 0 Å². The molecule has 3 aliphatic rings. The summed E-state index contributed by atoms with van der Waals surface area (Å²) in [5.41, 5.74) is 21.1. The largest absolute Gasteiger partial charge is 0.310 e. The van der Waals surface area contributed by atoms with Gasteiger partial charge in [0.1, 0.15) is 0 Å². The van der Waals surface area contributed by atoms with Gasteiger partial charge in [-0.3, -0.25) is 0 Å². The Morgan fingerprint density at radius 3 is 1.80 bits per heavy atom. The van der Waals surface area contributed by atoms with Crippen LogP contribution in [-0.2, 0) is 5.41 Å². The van der Waals surface area contributed by atoms with Crippen LogP contribution in [0.2, 0.25) is 0 Å². The second-order valence-corrected chi connectivity index (χ2v) is 20.4. The van der Waals surface area contributed by atoms with Gasteiger partial charge in [0.2, 0.25) is 0 Å². The van der Waals surface area contributed by atoms with Crippen LogP contribution in [0.3, 0.4) is 0 Å². The Bertz CT molecular complexity index is 3420. The molecular weight excluding hydrogens is 845 g/mol. The third kappa shape index (κ3) is 7.96. The van der Waals surface area contributed by atoms with E-state index in [4.69, 9.17) is 0 Å². The van der Waals surface area contributed by atoms with E-state index >= 15 is 0 Å². The van der Waals surface area contributed by atoms with Gasteiger partial charge in [0, 0.05) is 39.3 Å². The van der Waals surface area contributed by atoms with Crippen molar-refractivity contribution in [3.05, 3.63) is 247 Å². The number of fused-ring (bicyclic) bond motifs is 3. The zero-order chi connectivity index (χ0) is 47.2. The molecule has 9 aromatic rings. The summed E-state index contributed by atoms with van der Waals surface area (Å²) < 4.78 is 0. The van der Waals surface area contributed by atoms with Crippen LogP contribution >= 0.6 is 0 Å². The van der Waals surface area contributed by atoms with Crippen molar-refractivity contribution in [2.24, 2.45) is 5.92 Å². The number of rotatable bonds is 10. The van der Waals surface area contributed by atoms with Crippen molar-refractivity contribution in [2.75, 3.05) is 9.80 Å². The Labute approximate surface area is 414 Å². The van der Waals surface area contributed by atoms with Crippen LogP contribution in [0.1, 0.15) is 81.9 Å². The lowest BCUT2D eigenvalue weighted by Crippen LogP contribution is -2.18. The standard InChI is InChI=1S/C68H60N2/c1-47-20-17-34-63-67(47)61-41-40-59(46-64(61)68(63,2)3)70(66-45-54-26-14-13-25-53(54)44-62(66)50-23-9-5-10-24-50)58-32-19-28-52(43-58)51-27-18-29-55(42-51)60-33-15-16-35-65(60)69(56-30-11-6-12-31-56)57-38-36-49(37-39-57)48-21-7-4-8-22-48/h5-6,9-19,23-48H,4,7-8,20-22H2,1-3H3. The summed E-state index contributed by atoms with van der Waals surface area (Å²) in [5.74, 6) is 1.16. The summed E-state index contributed by atoms with van der Waals surface area (Å²) in [6, 6.07) is 79.2. The van der Waals surface area contributed by atoms with Crippen molar-refractivity contribution in [2.45, 2.75) is 70.6 Å². The molecule has 0 aliphatic heterocycles. The first-order chi connectivity index (χ1) is 34.4. The quantitative estimate of drug-likeness (QED) is 0.135. The van der Waals surface area contributed by atoms with Gasteiger partial charge in [-0.1, -0.05) is 192 Å². The molecule has 0 radical (unpaired) electrons. The fraction of sp³-hybridized carbons (Fsp3) is 0.176. The van der Waals surface area contributed by atoms with Crippen LogP contribution in [0, 0.1) is 5.92 Å². The first-order valence-corrected chi connectivity index (χ1v) is 25.6.